The summed E-state index contributed by atoms with van der Waals surface area (Å²) in [6.07, 6.45) is 5.08. The Kier molecular flexibility index (Phi) is 7.62. The Bertz CT molecular complexity index is 326. The van der Waals surface area contributed by atoms with Gasteiger partial charge in [-0.05, 0) is 42.5 Å². The quantitative estimate of drug-likeness (QED) is 0.406. The van der Waals surface area contributed by atoms with E-state index in [0.717, 1.165) is 5.69 Å². The van der Waals surface area contributed by atoms with Crippen LogP contribution in [0.1, 0.15) is 39.5 Å². The van der Waals surface area contributed by atoms with Gasteiger partial charge in [-0.3, -0.25) is 0 Å². The molecule has 1 rings (SSSR count). The van der Waals surface area contributed by atoms with E-state index in [1.807, 2.05) is 29.6 Å². The van der Waals surface area contributed by atoms with E-state index in [1.54, 1.807) is 0 Å². The third-order valence-corrected chi connectivity index (χ3v) is 4.91. The second-order valence-electron chi connectivity index (χ2n) is 4.11. The van der Waals surface area contributed by atoms with Crippen LogP contribution in [0.25, 0.3) is 0 Å². The van der Waals surface area contributed by atoms with Crippen molar-refractivity contribution in [1.82, 2.24) is 0 Å². The summed E-state index contributed by atoms with van der Waals surface area (Å²) >= 11 is 3.90. The molecule has 1 aromatic rings. The van der Waals surface area contributed by atoms with Gasteiger partial charge in [-0.2, -0.15) is 0 Å². The largest absolute Gasteiger partial charge is 0.399 e. The van der Waals surface area contributed by atoms with Crippen LogP contribution in [0, 0.1) is 0 Å². The molecule has 0 saturated heterocycles. The smallest absolute Gasteiger partial charge is 0.0326 e. The first kappa shape index (κ1) is 14.8. The zero-order chi connectivity index (χ0) is 12.5. The summed E-state index contributed by atoms with van der Waals surface area (Å²) in [6, 6.07) is 6.30. The Labute approximate surface area is 114 Å². The molecule has 0 radical (unpaired) electrons. The summed E-state index contributed by atoms with van der Waals surface area (Å²) in [5.41, 5.74) is 6.74. The Morgan fingerprint density at radius 2 is 1.53 bits per heavy atom. The SMILES string of the molecule is CCCCSc1ccc(N)cc1SCCCC. The molecule has 0 fully saturated rings. The monoisotopic (exact) mass is 269 g/mol. The molecule has 0 aliphatic carbocycles. The number of hydrogen-bond donors (Lipinski definition) is 1. The van der Waals surface area contributed by atoms with Crippen LogP contribution in [0.5, 0.6) is 0 Å². The van der Waals surface area contributed by atoms with Gasteiger partial charge in [0, 0.05) is 15.5 Å². The van der Waals surface area contributed by atoms with Crippen LogP contribution in [0.2, 0.25) is 0 Å². The molecule has 0 aromatic heterocycles. The van der Waals surface area contributed by atoms with Crippen LogP contribution in [0.3, 0.4) is 0 Å². The van der Waals surface area contributed by atoms with E-state index in [-0.39, 0.29) is 0 Å². The predicted molar refractivity (Wildman–Crippen MR) is 82.1 cm³/mol. The van der Waals surface area contributed by atoms with Crippen LogP contribution < -0.4 is 5.73 Å². The number of thioether (sulfide) groups is 2. The predicted octanol–water partition coefficient (Wildman–Crippen LogP) is 5.05. The van der Waals surface area contributed by atoms with Crippen LogP contribution in [0.15, 0.2) is 28.0 Å². The summed E-state index contributed by atoms with van der Waals surface area (Å²) in [5, 5.41) is 0. The first-order valence-electron chi connectivity index (χ1n) is 6.43. The highest BCUT2D eigenvalue weighted by atomic mass is 32.2. The highest BCUT2D eigenvalue weighted by Crippen LogP contribution is 2.33. The standard InChI is InChI=1S/C14H23NS2/c1-3-5-9-16-13-8-7-12(15)11-14(13)17-10-6-4-2/h7-8,11H,3-6,9-10,15H2,1-2H3. The van der Waals surface area contributed by atoms with Gasteiger partial charge in [0.2, 0.25) is 0 Å². The second-order valence-corrected chi connectivity index (χ2v) is 6.38. The minimum Gasteiger partial charge on any atom is -0.399 e. The Morgan fingerprint density at radius 1 is 0.941 bits per heavy atom. The average Bonchev–Trinajstić information content (AvgIpc) is 2.32. The maximum Gasteiger partial charge on any atom is 0.0326 e. The summed E-state index contributed by atoms with van der Waals surface area (Å²) < 4.78 is 0. The fraction of sp³-hybridized carbons (Fsp3) is 0.571. The topological polar surface area (TPSA) is 26.0 Å². The van der Waals surface area contributed by atoms with Crippen molar-refractivity contribution in [3.05, 3.63) is 18.2 Å². The van der Waals surface area contributed by atoms with Crippen molar-refractivity contribution in [2.75, 3.05) is 17.2 Å². The van der Waals surface area contributed by atoms with E-state index in [9.17, 15) is 0 Å². The van der Waals surface area contributed by atoms with Crippen molar-refractivity contribution in [3.8, 4) is 0 Å². The van der Waals surface area contributed by atoms with Crippen LogP contribution in [0.4, 0.5) is 5.69 Å². The number of benzene rings is 1. The first-order valence-corrected chi connectivity index (χ1v) is 8.40. The van der Waals surface area contributed by atoms with Gasteiger partial charge in [-0.15, -0.1) is 23.5 Å². The van der Waals surface area contributed by atoms with Crippen LogP contribution in [-0.2, 0) is 0 Å². The van der Waals surface area contributed by atoms with E-state index in [1.165, 1.54) is 47.0 Å². The molecule has 0 unspecified atom stereocenters. The highest BCUT2D eigenvalue weighted by Gasteiger charge is 2.04. The van der Waals surface area contributed by atoms with Crippen molar-refractivity contribution in [2.24, 2.45) is 0 Å². The van der Waals surface area contributed by atoms with E-state index in [0.29, 0.717) is 0 Å². The average molecular weight is 269 g/mol. The minimum atomic E-state index is 0.879. The lowest BCUT2D eigenvalue weighted by Crippen LogP contribution is -1.89. The molecular formula is C14H23NS2. The number of anilines is 1. The lowest BCUT2D eigenvalue weighted by atomic mass is 10.3. The zero-order valence-corrected chi connectivity index (χ0v) is 12.5. The number of hydrogen-bond acceptors (Lipinski definition) is 3. The van der Waals surface area contributed by atoms with E-state index in [2.05, 4.69) is 26.0 Å². The van der Waals surface area contributed by atoms with Crippen molar-refractivity contribution in [1.29, 1.82) is 0 Å². The van der Waals surface area contributed by atoms with Gasteiger partial charge in [-0.25, -0.2) is 0 Å². The van der Waals surface area contributed by atoms with E-state index in [4.69, 9.17) is 5.73 Å². The molecule has 1 aromatic carbocycles. The van der Waals surface area contributed by atoms with Gasteiger partial charge in [-0.1, -0.05) is 26.7 Å². The summed E-state index contributed by atoms with van der Waals surface area (Å²) in [7, 11) is 0. The lowest BCUT2D eigenvalue weighted by Gasteiger charge is -2.09. The first-order chi connectivity index (χ1) is 8.27. The third-order valence-electron chi connectivity index (χ3n) is 2.48. The maximum absolute atomic E-state index is 5.86. The number of nitrogen functional groups attached to an aromatic ring is 1. The third kappa shape index (κ3) is 5.73. The van der Waals surface area contributed by atoms with Gasteiger partial charge < -0.3 is 5.73 Å². The molecule has 0 aliphatic heterocycles. The van der Waals surface area contributed by atoms with Gasteiger partial charge in [0.25, 0.3) is 0 Å². The lowest BCUT2D eigenvalue weighted by molar-refractivity contribution is 0.893. The maximum atomic E-state index is 5.86. The Morgan fingerprint density at radius 3 is 2.12 bits per heavy atom. The molecule has 1 nitrogen and oxygen atoms in total. The van der Waals surface area contributed by atoms with Crippen molar-refractivity contribution < 1.29 is 0 Å². The van der Waals surface area contributed by atoms with E-state index < -0.39 is 0 Å². The van der Waals surface area contributed by atoms with Crippen LogP contribution >= 0.6 is 23.5 Å². The molecule has 0 heterocycles. The molecule has 0 saturated carbocycles. The number of nitrogens with two attached hydrogens (primary N) is 1. The fourth-order valence-corrected chi connectivity index (χ4v) is 3.86. The molecule has 96 valence electrons. The van der Waals surface area contributed by atoms with Crippen molar-refractivity contribution in [3.63, 3.8) is 0 Å². The summed E-state index contributed by atoms with van der Waals surface area (Å²) in [4.78, 5) is 2.76. The number of unbranched alkanes of at least 4 members (excludes halogenated alkanes) is 2. The summed E-state index contributed by atoms with van der Waals surface area (Å²) in [5.74, 6) is 2.41. The second kappa shape index (κ2) is 8.76. The molecule has 0 atom stereocenters. The Hall–Kier alpha value is -0.280. The highest BCUT2D eigenvalue weighted by molar-refractivity contribution is 8.02. The molecule has 0 amide bonds. The molecule has 17 heavy (non-hydrogen) atoms. The molecular weight excluding hydrogens is 246 g/mol. The molecule has 0 spiro atoms. The molecule has 2 N–H and O–H groups in total. The van der Waals surface area contributed by atoms with Gasteiger partial charge in [0.05, 0.1) is 0 Å². The van der Waals surface area contributed by atoms with Crippen LogP contribution in [-0.4, -0.2) is 11.5 Å². The fourth-order valence-electron chi connectivity index (χ4n) is 1.41. The zero-order valence-electron chi connectivity index (χ0n) is 10.9. The van der Waals surface area contributed by atoms with Crippen molar-refractivity contribution in [2.45, 2.75) is 49.3 Å². The van der Waals surface area contributed by atoms with Gasteiger partial charge >= 0.3 is 0 Å². The van der Waals surface area contributed by atoms with Gasteiger partial charge in [0.15, 0.2) is 0 Å². The molecule has 0 bridgehead atoms. The summed E-state index contributed by atoms with van der Waals surface area (Å²) in [6.45, 7) is 4.47. The Balaban J connectivity index is 2.59. The number of rotatable bonds is 8. The molecule has 0 aliphatic rings. The normalized spacial score (nSPS) is 10.7. The molecule has 3 heteroatoms. The minimum absolute atomic E-state index is 0.879. The van der Waals surface area contributed by atoms with Gasteiger partial charge in [0.1, 0.15) is 0 Å². The van der Waals surface area contributed by atoms with Crippen molar-refractivity contribution >= 4 is 29.2 Å². The van der Waals surface area contributed by atoms with E-state index >= 15 is 0 Å².